The highest BCUT2D eigenvalue weighted by atomic mass is 16.5. The number of nitrogens with zero attached hydrogens (tertiary/aromatic N) is 2. The quantitative estimate of drug-likeness (QED) is 0.693. The standard InChI is InChI=1S/C11H12N2O2/c1-15-11(14)10-7-9(12-13-10)8-5-3-2-4-6-8/h2-6,9-10H,7H2,1H3. The van der Waals surface area contributed by atoms with Crippen LogP contribution in [0.15, 0.2) is 40.6 Å². The van der Waals surface area contributed by atoms with Gasteiger partial charge in [-0.05, 0) is 5.56 Å². The maximum absolute atomic E-state index is 11.2. The van der Waals surface area contributed by atoms with Gasteiger partial charge in [0.1, 0.15) is 0 Å². The number of ether oxygens (including phenoxy) is 1. The largest absolute Gasteiger partial charge is 0.467 e. The summed E-state index contributed by atoms with van der Waals surface area (Å²) in [6, 6.07) is 9.41. The summed E-state index contributed by atoms with van der Waals surface area (Å²) in [5.41, 5.74) is 1.09. The van der Waals surface area contributed by atoms with E-state index in [-0.39, 0.29) is 12.0 Å². The Balaban J connectivity index is 2.06. The monoisotopic (exact) mass is 204 g/mol. The lowest BCUT2D eigenvalue weighted by Crippen LogP contribution is -2.18. The smallest absolute Gasteiger partial charge is 0.332 e. The van der Waals surface area contributed by atoms with Gasteiger partial charge >= 0.3 is 5.97 Å². The molecular formula is C11H12N2O2. The molecule has 4 nitrogen and oxygen atoms in total. The molecule has 0 N–H and O–H groups in total. The van der Waals surface area contributed by atoms with Crippen molar-refractivity contribution in [3.05, 3.63) is 35.9 Å². The summed E-state index contributed by atoms with van der Waals surface area (Å²) < 4.78 is 4.63. The lowest BCUT2D eigenvalue weighted by Gasteiger charge is -2.06. The molecule has 0 radical (unpaired) electrons. The van der Waals surface area contributed by atoms with E-state index in [1.807, 2.05) is 30.3 Å². The van der Waals surface area contributed by atoms with E-state index in [1.54, 1.807) is 0 Å². The average molecular weight is 204 g/mol. The van der Waals surface area contributed by atoms with Crippen molar-refractivity contribution in [3.63, 3.8) is 0 Å². The van der Waals surface area contributed by atoms with Gasteiger partial charge in [0.25, 0.3) is 0 Å². The van der Waals surface area contributed by atoms with Gasteiger partial charge in [0.15, 0.2) is 6.04 Å². The van der Waals surface area contributed by atoms with Crippen LogP contribution in [0.4, 0.5) is 0 Å². The molecule has 2 atom stereocenters. The molecule has 4 heteroatoms. The van der Waals surface area contributed by atoms with E-state index in [0.717, 1.165) is 5.56 Å². The summed E-state index contributed by atoms with van der Waals surface area (Å²) in [5, 5.41) is 8.00. The molecule has 0 fully saturated rings. The van der Waals surface area contributed by atoms with Crippen LogP contribution in [0.1, 0.15) is 18.0 Å². The van der Waals surface area contributed by atoms with Crippen LogP contribution < -0.4 is 0 Å². The second kappa shape index (κ2) is 4.21. The fourth-order valence-corrected chi connectivity index (χ4v) is 1.62. The molecule has 0 spiro atoms. The number of carbonyl (C=O) groups is 1. The molecular weight excluding hydrogens is 192 g/mol. The molecule has 1 heterocycles. The summed E-state index contributed by atoms with van der Waals surface area (Å²) >= 11 is 0. The zero-order chi connectivity index (χ0) is 10.7. The molecule has 0 aromatic heterocycles. The lowest BCUT2D eigenvalue weighted by atomic mass is 10.0. The third-order valence-electron chi connectivity index (χ3n) is 2.45. The summed E-state index contributed by atoms with van der Waals surface area (Å²) in [6.45, 7) is 0. The zero-order valence-corrected chi connectivity index (χ0v) is 8.46. The number of methoxy groups -OCH3 is 1. The Morgan fingerprint density at radius 1 is 1.33 bits per heavy atom. The van der Waals surface area contributed by atoms with E-state index in [4.69, 9.17) is 0 Å². The van der Waals surface area contributed by atoms with Crippen molar-refractivity contribution in [1.82, 2.24) is 0 Å². The minimum Gasteiger partial charge on any atom is -0.467 e. The number of hydrogen-bond acceptors (Lipinski definition) is 4. The predicted octanol–water partition coefficient (Wildman–Crippen LogP) is 2.13. The highest BCUT2D eigenvalue weighted by Crippen LogP contribution is 2.30. The van der Waals surface area contributed by atoms with E-state index in [2.05, 4.69) is 15.0 Å². The topological polar surface area (TPSA) is 51.0 Å². The first-order valence-corrected chi connectivity index (χ1v) is 4.84. The van der Waals surface area contributed by atoms with Crippen molar-refractivity contribution in [3.8, 4) is 0 Å². The highest BCUT2D eigenvalue weighted by molar-refractivity contribution is 5.76. The van der Waals surface area contributed by atoms with Crippen LogP contribution in [0.3, 0.4) is 0 Å². The Morgan fingerprint density at radius 3 is 2.73 bits per heavy atom. The molecule has 2 rings (SSSR count). The number of benzene rings is 1. The van der Waals surface area contributed by atoms with E-state index in [1.165, 1.54) is 7.11 Å². The van der Waals surface area contributed by atoms with Crippen LogP contribution in [0.5, 0.6) is 0 Å². The van der Waals surface area contributed by atoms with Crippen LogP contribution in [0.2, 0.25) is 0 Å². The first-order chi connectivity index (χ1) is 7.31. The molecule has 1 aliphatic rings. The maximum Gasteiger partial charge on any atom is 0.332 e. The Bertz CT molecular complexity index is 375. The average Bonchev–Trinajstić information content (AvgIpc) is 2.78. The SMILES string of the molecule is COC(=O)C1CC(c2ccccc2)N=N1. The van der Waals surface area contributed by atoms with Gasteiger partial charge in [-0.2, -0.15) is 10.2 Å². The van der Waals surface area contributed by atoms with Crippen molar-refractivity contribution in [2.75, 3.05) is 7.11 Å². The molecule has 1 aromatic carbocycles. The highest BCUT2D eigenvalue weighted by Gasteiger charge is 2.29. The van der Waals surface area contributed by atoms with Crippen molar-refractivity contribution < 1.29 is 9.53 Å². The maximum atomic E-state index is 11.2. The van der Waals surface area contributed by atoms with Gasteiger partial charge in [0, 0.05) is 6.42 Å². The van der Waals surface area contributed by atoms with Crippen molar-refractivity contribution in [1.29, 1.82) is 0 Å². The third-order valence-corrected chi connectivity index (χ3v) is 2.45. The van der Waals surface area contributed by atoms with Gasteiger partial charge in [-0.25, -0.2) is 4.79 Å². The normalized spacial score (nSPS) is 24.1. The molecule has 0 saturated heterocycles. The van der Waals surface area contributed by atoms with Gasteiger partial charge in [0.2, 0.25) is 0 Å². The van der Waals surface area contributed by atoms with Gasteiger partial charge < -0.3 is 4.74 Å². The van der Waals surface area contributed by atoms with E-state index in [9.17, 15) is 4.79 Å². The van der Waals surface area contributed by atoms with Gasteiger partial charge in [-0.1, -0.05) is 30.3 Å². The zero-order valence-electron chi connectivity index (χ0n) is 8.46. The Kier molecular flexibility index (Phi) is 2.76. The lowest BCUT2D eigenvalue weighted by molar-refractivity contribution is -0.142. The Hall–Kier alpha value is -1.71. The van der Waals surface area contributed by atoms with Crippen molar-refractivity contribution in [2.24, 2.45) is 10.2 Å². The van der Waals surface area contributed by atoms with Gasteiger partial charge in [-0.3, -0.25) is 0 Å². The summed E-state index contributed by atoms with van der Waals surface area (Å²) in [5.74, 6) is -0.308. The van der Waals surface area contributed by atoms with E-state index < -0.39 is 6.04 Å². The molecule has 0 bridgehead atoms. The number of esters is 1. The minimum atomic E-state index is -0.430. The minimum absolute atomic E-state index is 0.00435. The molecule has 1 aliphatic heterocycles. The van der Waals surface area contributed by atoms with Crippen molar-refractivity contribution >= 4 is 5.97 Å². The fourth-order valence-electron chi connectivity index (χ4n) is 1.62. The van der Waals surface area contributed by atoms with E-state index in [0.29, 0.717) is 6.42 Å². The molecule has 0 amide bonds. The molecule has 0 saturated carbocycles. The molecule has 0 aliphatic carbocycles. The molecule has 78 valence electrons. The summed E-state index contributed by atoms with van der Waals surface area (Å²) in [6.07, 6.45) is 0.608. The second-order valence-electron chi connectivity index (χ2n) is 3.43. The Morgan fingerprint density at radius 2 is 2.07 bits per heavy atom. The molecule has 2 unspecified atom stereocenters. The van der Waals surface area contributed by atoms with Crippen LogP contribution in [-0.2, 0) is 9.53 Å². The molecule has 1 aromatic rings. The first-order valence-electron chi connectivity index (χ1n) is 4.84. The first kappa shape index (κ1) is 9.83. The second-order valence-corrected chi connectivity index (χ2v) is 3.43. The summed E-state index contributed by atoms with van der Waals surface area (Å²) in [4.78, 5) is 11.2. The fraction of sp³-hybridized carbons (Fsp3) is 0.364. The summed E-state index contributed by atoms with van der Waals surface area (Å²) in [7, 11) is 1.37. The third kappa shape index (κ3) is 2.03. The molecule has 15 heavy (non-hydrogen) atoms. The van der Waals surface area contributed by atoms with Crippen LogP contribution >= 0.6 is 0 Å². The van der Waals surface area contributed by atoms with Crippen LogP contribution in [-0.4, -0.2) is 19.1 Å². The number of carbonyl (C=O) groups excluding carboxylic acids is 1. The van der Waals surface area contributed by atoms with Gasteiger partial charge in [-0.15, -0.1) is 0 Å². The van der Waals surface area contributed by atoms with Crippen LogP contribution in [0, 0.1) is 0 Å². The van der Waals surface area contributed by atoms with E-state index >= 15 is 0 Å². The van der Waals surface area contributed by atoms with Crippen LogP contribution in [0.25, 0.3) is 0 Å². The number of rotatable bonds is 2. The predicted molar refractivity (Wildman–Crippen MR) is 54.5 cm³/mol. The number of hydrogen-bond donors (Lipinski definition) is 0. The van der Waals surface area contributed by atoms with Gasteiger partial charge in [0.05, 0.1) is 13.2 Å². The Labute approximate surface area is 88.0 Å². The van der Waals surface area contributed by atoms with Crippen molar-refractivity contribution in [2.45, 2.75) is 18.5 Å². The number of azo groups is 1.